The lowest BCUT2D eigenvalue weighted by atomic mass is 10.1. The van der Waals surface area contributed by atoms with Gasteiger partial charge in [-0.25, -0.2) is 14.5 Å². The first kappa shape index (κ1) is 13.6. The molecule has 7 heteroatoms. The smallest absolute Gasteiger partial charge is 0.348 e. The van der Waals surface area contributed by atoms with Crippen molar-refractivity contribution in [3.8, 4) is 5.69 Å². The fourth-order valence-electron chi connectivity index (χ4n) is 2.92. The minimum Gasteiger partial charge on any atom is -0.361 e. The number of benzene rings is 1. The summed E-state index contributed by atoms with van der Waals surface area (Å²) in [7, 11) is 0. The molecule has 0 atom stereocenters. The highest BCUT2D eigenvalue weighted by Crippen LogP contribution is 2.22. The Bertz CT molecular complexity index is 1030. The molecule has 0 aliphatic heterocycles. The van der Waals surface area contributed by atoms with Crippen molar-refractivity contribution in [2.24, 2.45) is 0 Å². The Kier molecular flexibility index (Phi) is 2.94. The summed E-state index contributed by atoms with van der Waals surface area (Å²) >= 11 is 0. The topological polar surface area (TPSA) is 92.5 Å². The first-order chi connectivity index (χ1) is 11.1. The van der Waals surface area contributed by atoms with Crippen LogP contribution in [0.25, 0.3) is 16.6 Å². The minimum absolute atomic E-state index is 0.297. The third-order valence-electron chi connectivity index (χ3n) is 3.98. The number of H-pyrrole nitrogens is 2. The Morgan fingerprint density at radius 3 is 2.87 bits per heavy atom. The summed E-state index contributed by atoms with van der Waals surface area (Å²) in [4.78, 5) is 15.4. The van der Waals surface area contributed by atoms with Crippen molar-refractivity contribution >= 4 is 10.9 Å². The van der Waals surface area contributed by atoms with Crippen LogP contribution in [-0.4, -0.2) is 24.9 Å². The summed E-state index contributed by atoms with van der Waals surface area (Å²) in [6, 6.07) is 8.04. The molecule has 0 amide bonds. The molecular formula is C16H15N5O2. The highest BCUT2D eigenvalue weighted by molar-refractivity contribution is 5.83. The summed E-state index contributed by atoms with van der Waals surface area (Å²) in [5, 5.41) is 11.7. The van der Waals surface area contributed by atoms with Gasteiger partial charge in [0.2, 0.25) is 0 Å². The van der Waals surface area contributed by atoms with E-state index in [1.165, 1.54) is 4.57 Å². The van der Waals surface area contributed by atoms with Gasteiger partial charge in [0.05, 0.1) is 0 Å². The largest absolute Gasteiger partial charge is 0.361 e. The number of hydrogen-bond acceptors (Lipinski definition) is 4. The maximum absolute atomic E-state index is 12.2. The summed E-state index contributed by atoms with van der Waals surface area (Å²) < 4.78 is 6.71. The number of rotatable bonds is 3. The molecule has 0 bridgehead atoms. The molecule has 7 nitrogen and oxygen atoms in total. The van der Waals surface area contributed by atoms with Crippen LogP contribution in [0.4, 0.5) is 0 Å². The zero-order valence-corrected chi connectivity index (χ0v) is 12.8. The van der Waals surface area contributed by atoms with Crippen LogP contribution in [-0.2, 0) is 6.42 Å². The fraction of sp³-hybridized carbons (Fsp3) is 0.188. The number of nitrogens with one attached hydrogen (secondary N) is 2. The number of hydrogen-bond donors (Lipinski definition) is 2. The van der Waals surface area contributed by atoms with Crippen molar-refractivity contribution < 1.29 is 4.52 Å². The van der Waals surface area contributed by atoms with Crippen LogP contribution in [0.2, 0.25) is 0 Å². The van der Waals surface area contributed by atoms with Crippen molar-refractivity contribution in [1.82, 2.24) is 24.9 Å². The first-order valence-electron chi connectivity index (χ1n) is 7.29. The standard InChI is InChI=1S/C16H15N5O2/c1-9-15(10(2)23-20-9)21-14(18-19-16(21)22)7-11-8-17-13-6-4-3-5-12(11)13/h3-6,8,17H,7H2,1-2H3,(H,19,22). The second-order valence-electron chi connectivity index (χ2n) is 5.49. The lowest BCUT2D eigenvalue weighted by molar-refractivity contribution is 0.393. The minimum atomic E-state index is -0.297. The average molecular weight is 309 g/mol. The van der Waals surface area contributed by atoms with Crippen molar-refractivity contribution in [3.05, 3.63) is 63.8 Å². The molecule has 0 aliphatic carbocycles. The molecule has 0 saturated carbocycles. The highest BCUT2D eigenvalue weighted by Gasteiger charge is 2.19. The van der Waals surface area contributed by atoms with Crippen LogP contribution in [0.1, 0.15) is 22.8 Å². The van der Waals surface area contributed by atoms with E-state index >= 15 is 0 Å². The lowest BCUT2D eigenvalue weighted by Gasteiger charge is -2.04. The average Bonchev–Trinajstić information content (AvgIpc) is 3.21. The molecule has 0 radical (unpaired) electrons. The number of aromatic amines is 2. The van der Waals surface area contributed by atoms with Crippen molar-refractivity contribution in [3.63, 3.8) is 0 Å². The maximum atomic E-state index is 12.2. The second kappa shape index (κ2) is 4.98. The molecular weight excluding hydrogens is 294 g/mol. The molecule has 0 saturated heterocycles. The summed E-state index contributed by atoms with van der Waals surface area (Å²) in [6.07, 6.45) is 2.47. The van der Waals surface area contributed by atoms with Gasteiger partial charge in [0.25, 0.3) is 0 Å². The van der Waals surface area contributed by atoms with Crippen LogP contribution >= 0.6 is 0 Å². The van der Waals surface area contributed by atoms with Crippen LogP contribution in [0, 0.1) is 13.8 Å². The first-order valence-corrected chi connectivity index (χ1v) is 7.29. The van der Waals surface area contributed by atoms with Gasteiger partial charge in [0.15, 0.2) is 5.76 Å². The van der Waals surface area contributed by atoms with E-state index in [1.54, 1.807) is 13.8 Å². The number of aryl methyl sites for hydroxylation is 2. The molecule has 1 aromatic carbocycles. The van der Waals surface area contributed by atoms with Crippen molar-refractivity contribution in [2.75, 3.05) is 0 Å². The lowest BCUT2D eigenvalue weighted by Crippen LogP contribution is -2.18. The molecule has 23 heavy (non-hydrogen) atoms. The fourth-order valence-corrected chi connectivity index (χ4v) is 2.92. The van der Waals surface area contributed by atoms with E-state index < -0.39 is 0 Å². The van der Waals surface area contributed by atoms with E-state index in [0.717, 1.165) is 16.5 Å². The van der Waals surface area contributed by atoms with Gasteiger partial charge < -0.3 is 9.51 Å². The van der Waals surface area contributed by atoms with E-state index in [0.29, 0.717) is 29.4 Å². The van der Waals surface area contributed by atoms with Gasteiger partial charge >= 0.3 is 5.69 Å². The van der Waals surface area contributed by atoms with Crippen LogP contribution in [0.15, 0.2) is 39.8 Å². The number of nitrogens with zero attached hydrogens (tertiary/aromatic N) is 3. The third kappa shape index (κ3) is 2.09. The van der Waals surface area contributed by atoms with E-state index in [1.807, 2.05) is 30.5 Å². The zero-order chi connectivity index (χ0) is 16.0. The predicted octanol–water partition coefficient (Wildman–Crippen LogP) is 2.24. The van der Waals surface area contributed by atoms with Gasteiger partial charge in [0, 0.05) is 23.5 Å². The van der Waals surface area contributed by atoms with Crippen LogP contribution in [0.5, 0.6) is 0 Å². The Morgan fingerprint density at radius 2 is 2.09 bits per heavy atom. The number of aromatic nitrogens is 5. The molecule has 3 heterocycles. The van der Waals surface area contributed by atoms with E-state index in [9.17, 15) is 4.79 Å². The van der Waals surface area contributed by atoms with Crippen molar-refractivity contribution in [2.45, 2.75) is 20.3 Å². The monoisotopic (exact) mass is 309 g/mol. The van der Waals surface area contributed by atoms with E-state index in [2.05, 4.69) is 20.3 Å². The third-order valence-corrected chi connectivity index (χ3v) is 3.98. The molecule has 0 spiro atoms. The predicted molar refractivity (Wildman–Crippen MR) is 84.8 cm³/mol. The summed E-state index contributed by atoms with van der Waals surface area (Å²) in [5.41, 5.74) is 3.15. The molecule has 0 fully saturated rings. The van der Waals surface area contributed by atoms with Gasteiger partial charge in [-0.05, 0) is 25.5 Å². The van der Waals surface area contributed by atoms with Crippen molar-refractivity contribution in [1.29, 1.82) is 0 Å². The molecule has 116 valence electrons. The number of fused-ring (bicyclic) bond motifs is 1. The maximum Gasteiger partial charge on any atom is 0.348 e. The molecule has 0 aliphatic rings. The Labute approximate surface area is 130 Å². The van der Waals surface area contributed by atoms with Gasteiger partial charge in [-0.15, -0.1) is 0 Å². The quantitative estimate of drug-likeness (QED) is 0.607. The zero-order valence-electron chi connectivity index (χ0n) is 12.8. The molecule has 2 N–H and O–H groups in total. The van der Waals surface area contributed by atoms with Crippen LogP contribution in [0.3, 0.4) is 0 Å². The Balaban J connectivity index is 1.84. The van der Waals surface area contributed by atoms with E-state index in [4.69, 9.17) is 4.52 Å². The second-order valence-corrected chi connectivity index (χ2v) is 5.49. The van der Waals surface area contributed by atoms with Gasteiger partial charge in [0.1, 0.15) is 17.2 Å². The Morgan fingerprint density at radius 1 is 1.26 bits per heavy atom. The van der Waals surface area contributed by atoms with Gasteiger partial charge in [-0.3, -0.25) is 0 Å². The normalized spacial score (nSPS) is 11.4. The molecule has 4 aromatic rings. The SMILES string of the molecule is Cc1noc(C)c1-n1c(Cc2c[nH]c3ccccc23)n[nH]c1=O. The molecule has 4 rings (SSSR count). The number of para-hydroxylation sites is 1. The highest BCUT2D eigenvalue weighted by atomic mass is 16.5. The Hall–Kier alpha value is -3.09. The molecule has 0 unspecified atom stereocenters. The van der Waals surface area contributed by atoms with Gasteiger partial charge in [-0.1, -0.05) is 23.4 Å². The summed E-state index contributed by atoms with van der Waals surface area (Å²) in [6.45, 7) is 3.59. The molecule has 3 aromatic heterocycles. The van der Waals surface area contributed by atoms with Crippen LogP contribution < -0.4 is 5.69 Å². The summed E-state index contributed by atoms with van der Waals surface area (Å²) in [5.74, 6) is 1.21. The van der Waals surface area contributed by atoms with E-state index in [-0.39, 0.29) is 5.69 Å². The van der Waals surface area contributed by atoms with Gasteiger partial charge in [-0.2, -0.15) is 5.10 Å².